The van der Waals surface area contributed by atoms with E-state index in [0.717, 1.165) is 60.9 Å². The topological polar surface area (TPSA) is 63.1 Å². The number of aromatic nitrogens is 2. The van der Waals surface area contributed by atoms with Crippen molar-refractivity contribution in [3.63, 3.8) is 0 Å². The van der Waals surface area contributed by atoms with E-state index in [1.165, 1.54) is 39.4 Å². The zero-order valence-electron chi connectivity index (χ0n) is 30.1. The second-order valence-electron chi connectivity index (χ2n) is 14.5. The summed E-state index contributed by atoms with van der Waals surface area (Å²) in [5, 5.41) is 12.6. The molecule has 0 fully saturated rings. The van der Waals surface area contributed by atoms with Gasteiger partial charge in [-0.3, -0.25) is 14.8 Å². The normalized spacial score (nSPS) is 13.2. The fourth-order valence-corrected chi connectivity index (χ4v) is 6.18. The van der Waals surface area contributed by atoms with Crippen molar-refractivity contribution < 1.29 is 30.0 Å². The molecule has 1 aliphatic carbocycles. The van der Waals surface area contributed by atoms with E-state index in [2.05, 4.69) is 82.3 Å². The Morgan fingerprint density at radius 3 is 2.13 bits per heavy atom. The third-order valence-electron chi connectivity index (χ3n) is 10.5. The summed E-state index contributed by atoms with van der Waals surface area (Å²) in [5.74, 6) is 0.286. The van der Waals surface area contributed by atoms with Gasteiger partial charge in [-0.15, -0.1) is 29.1 Å². The predicted octanol–water partition coefficient (Wildman–Crippen LogP) is 11.1. The van der Waals surface area contributed by atoms with Crippen LogP contribution in [0.4, 0.5) is 0 Å². The fourth-order valence-electron chi connectivity index (χ4n) is 6.18. The number of rotatable bonds is 8. The molecule has 0 amide bonds. The van der Waals surface area contributed by atoms with Crippen LogP contribution in [0.1, 0.15) is 111 Å². The smallest absolute Gasteiger partial charge is 0.164 e. The Kier molecular flexibility index (Phi) is 12.5. The maximum Gasteiger partial charge on any atom is 0.164 e. The summed E-state index contributed by atoms with van der Waals surface area (Å²) in [7, 11) is 0. The summed E-state index contributed by atoms with van der Waals surface area (Å²) >= 11 is 0. The number of aryl methyl sites for hydroxylation is 2. The van der Waals surface area contributed by atoms with Crippen LogP contribution >= 0.6 is 0 Å². The van der Waals surface area contributed by atoms with Crippen LogP contribution in [0.3, 0.4) is 0 Å². The number of ketones is 1. The van der Waals surface area contributed by atoms with Crippen LogP contribution in [-0.2, 0) is 43.2 Å². The molecule has 5 heteroatoms. The van der Waals surface area contributed by atoms with Crippen LogP contribution < -0.4 is 0 Å². The summed E-state index contributed by atoms with van der Waals surface area (Å²) in [6, 6.07) is 21.0. The number of benzene rings is 2. The van der Waals surface area contributed by atoms with Crippen LogP contribution in [-0.4, -0.2) is 20.9 Å². The second kappa shape index (κ2) is 15.4. The van der Waals surface area contributed by atoms with Gasteiger partial charge in [-0.25, -0.2) is 0 Å². The zero-order chi connectivity index (χ0) is 33.9. The number of carbonyl (C=O) groups is 1. The Balaban J connectivity index is 0.000000290. The van der Waals surface area contributed by atoms with Crippen LogP contribution in [0.5, 0.6) is 0 Å². The fraction of sp³-hybridized carbons (Fsp3) is 0.452. The molecule has 4 nitrogen and oxygen atoms in total. The Bertz CT molecular complexity index is 1740. The number of hydrogen-bond donors (Lipinski definition) is 1. The summed E-state index contributed by atoms with van der Waals surface area (Å²) in [4.78, 5) is 21.8. The number of aliphatic hydroxyl groups is 1. The number of hydrogen-bond acceptors (Lipinski definition) is 4. The van der Waals surface area contributed by atoms with Gasteiger partial charge in [-0.05, 0) is 74.1 Å². The molecule has 2 aromatic carbocycles. The first-order chi connectivity index (χ1) is 21.7. The SMILES string of the molecule is CCC(C)(CC)C(=O)/C=C(\O)C(C)(CC)CC.Cc1ccc2c(n1)CCc1c-2ccnc1-c1[c-]c2ccccc2c(C(C)(C)C)c1.[Ir]. The Hall–Kier alpha value is -3.14. The van der Waals surface area contributed by atoms with Gasteiger partial charge in [0.05, 0.1) is 0 Å². The van der Waals surface area contributed by atoms with Gasteiger partial charge in [0.2, 0.25) is 0 Å². The molecule has 0 aliphatic heterocycles. The van der Waals surface area contributed by atoms with Gasteiger partial charge in [0.25, 0.3) is 0 Å². The Morgan fingerprint density at radius 2 is 1.51 bits per heavy atom. The molecule has 0 saturated carbocycles. The summed E-state index contributed by atoms with van der Waals surface area (Å²) in [6.07, 6.45) is 8.61. The van der Waals surface area contributed by atoms with E-state index in [4.69, 9.17) is 9.97 Å². The Labute approximate surface area is 296 Å². The molecule has 0 saturated heterocycles. The zero-order valence-corrected chi connectivity index (χ0v) is 32.5. The molecule has 253 valence electrons. The number of aliphatic hydroxyl groups excluding tert-OH is 1. The number of carbonyl (C=O) groups excluding carboxylic acids is 1. The molecule has 2 aromatic heterocycles. The van der Waals surface area contributed by atoms with Crippen molar-refractivity contribution >= 4 is 16.6 Å². The van der Waals surface area contributed by atoms with Gasteiger partial charge in [0.15, 0.2) is 5.78 Å². The van der Waals surface area contributed by atoms with Gasteiger partial charge in [0.1, 0.15) is 5.76 Å². The minimum absolute atomic E-state index is 0. The van der Waals surface area contributed by atoms with Gasteiger partial charge in [-0.2, -0.15) is 0 Å². The maximum absolute atomic E-state index is 12.2. The first-order valence-corrected chi connectivity index (χ1v) is 17.1. The predicted molar refractivity (Wildman–Crippen MR) is 193 cm³/mol. The van der Waals surface area contributed by atoms with Crippen LogP contribution in [0.15, 0.2) is 66.6 Å². The molecule has 5 rings (SSSR count). The number of pyridine rings is 2. The largest absolute Gasteiger partial charge is 0.512 e. The van der Waals surface area contributed by atoms with E-state index in [1.54, 1.807) is 0 Å². The van der Waals surface area contributed by atoms with Crippen LogP contribution in [0.2, 0.25) is 0 Å². The van der Waals surface area contributed by atoms with Gasteiger partial charge in [-0.1, -0.05) is 97.5 Å². The number of nitrogens with zero attached hydrogens (tertiary/aromatic N) is 2. The van der Waals surface area contributed by atoms with Crippen molar-refractivity contribution in [1.29, 1.82) is 0 Å². The first kappa shape index (κ1) is 38.3. The molecule has 1 N–H and O–H groups in total. The van der Waals surface area contributed by atoms with Crippen molar-refractivity contribution in [3.8, 4) is 22.4 Å². The van der Waals surface area contributed by atoms with Crippen molar-refractivity contribution in [2.75, 3.05) is 0 Å². The summed E-state index contributed by atoms with van der Waals surface area (Å²) in [6.45, 7) is 21.0. The standard InChI is InChI=1S/C27H25N2.C15H28O2.Ir/c1-17-9-10-22-21-13-14-28-26(23(21)11-12-25(22)29-17)19-15-18-7-5-6-8-20(18)24(16-19)27(2,3)4;1-7-14(5,8-2)12(16)11-13(17)15(6,9-3)10-4;/h5-10,13-14,16H,11-12H2,1-4H3;11,16H,7-10H2,1-6H3;/q-1;;/b;12-11-;. The van der Waals surface area contributed by atoms with Gasteiger partial charge < -0.3 is 5.11 Å². The number of allylic oxidation sites excluding steroid dienone is 2. The van der Waals surface area contributed by atoms with Gasteiger partial charge >= 0.3 is 0 Å². The molecule has 0 spiro atoms. The quantitative estimate of drug-likeness (QED) is 0.109. The van der Waals surface area contributed by atoms with E-state index >= 15 is 0 Å². The molecule has 0 atom stereocenters. The van der Waals surface area contributed by atoms with Crippen LogP contribution in [0, 0.1) is 23.8 Å². The summed E-state index contributed by atoms with van der Waals surface area (Å²) in [5.41, 5.74) is 9.05. The van der Waals surface area contributed by atoms with E-state index in [1.807, 2.05) is 47.7 Å². The van der Waals surface area contributed by atoms with E-state index < -0.39 is 0 Å². The van der Waals surface area contributed by atoms with Gasteiger partial charge in [0, 0.05) is 65.9 Å². The van der Waals surface area contributed by atoms with E-state index in [0.29, 0.717) is 0 Å². The van der Waals surface area contributed by atoms with Crippen LogP contribution in [0.25, 0.3) is 33.2 Å². The molecule has 47 heavy (non-hydrogen) atoms. The Morgan fingerprint density at radius 1 is 0.872 bits per heavy atom. The average molecular weight is 810 g/mol. The third-order valence-corrected chi connectivity index (χ3v) is 10.5. The van der Waals surface area contributed by atoms with E-state index in [-0.39, 0.29) is 47.9 Å². The molecule has 0 unspecified atom stereocenters. The number of fused-ring (bicyclic) bond motifs is 4. The molecule has 1 aliphatic rings. The molecule has 1 radical (unpaired) electrons. The van der Waals surface area contributed by atoms with Crippen molar-refractivity contribution in [1.82, 2.24) is 9.97 Å². The third kappa shape index (κ3) is 8.12. The average Bonchev–Trinajstić information content (AvgIpc) is 3.06. The van der Waals surface area contributed by atoms with Crippen molar-refractivity contribution in [3.05, 3.63) is 95.1 Å². The van der Waals surface area contributed by atoms with E-state index in [9.17, 15) is 9.90 Å². The first-order valence-electron chi connectivity index (χ1n) is 17.1. The molecule has 2 heterocycles. The minimum atomic E-state index is -0.337. The molecule has 4 aromatic rings. The monoisotopic (exact) mass is 810 g/mol. The molecular weight excluding hydrogens is 757 g/mol. The van der Waals surface area contributed by atoms with Crippen molar-refractivity contribution in [2.24, 2.45) is 10.8 Å². The molecule has 0 bridgehead atoms. The molecular formula is C42H53IrN2O2-. The van der Waals surface area contributed by atoms with Crippen molar-refractivity contribution in [2.45, 2.75) is 113 Å². The minimum Gasteiger partial charge on any atom is -0.512 e. The summed E-state index contributed by atoms with van der Waals surface area (Å²) < 4.78 is 0. The maximum atomic E-state index is 12.2. The second-order valence-corrected chi connectivity index (χ2v) is 14.5.